The van der Waals surface area contributed by atoms with Crippen LogP contribution in [0.3, 0.4) is 0 Å². The van der Waals surface area contributed by atoms with E-state index in [2.05, 4.69) is 65.6 Å². The summed E-state index contributed by atoms with van der Waals surface area (Å²) in [5, 5.41) is 0. The molecule has 0 radical (unpaired) electrons. The number of likely N-dealkylation sites (tertiary alicyclic amines) is 1. The van der Waals surface area contributed by atoms with Crippen LogP contribution < -0.4 is 0 Å². The van der Waals surface area contributed by atoms with Crippen LogP contribution in [0.4, 0.5) is 0 Å². The van der Waals surface area contributed by atoms with Gasteiger partial charge in [-0.2, -0.15) is 0 Å². The Bertz CT molecular complexity index is 665. The Morgan fingerprint density at radius 3 is 2.22 bits per heavy atom. The van der Waals surface area contributed by atoms with Crippen LogP contribution in [0.2, 0.25) is 0 Å². The van der Waals surface area contributed by atoms with E-state index in [-0.39, 0.29) is 0 Å². The molecule has 1 saturated carbocycles. The molecule has 0 spiro atoms. The van der Waals surface area contributed by atoms with Gasteiger partial charge in [0.2, 0.25) is 0 Å². The van der Waals surface area contributed by atoms with Crippen LogP contribution in [-0.4, -0.2) is 24.0 Å². The fraction of sp³-hybridized carbons (Fsp3) is 0.364. The van der Waals surface area contributed by atoms with Crippen LogP contribution in [0.15, 0.2) is 60.2 Å². The standard InChI is InChI=1S/C22H25N/c1-2-7-19(8-3-1)20-13-11-18(12-14-20)17-21-9-4-5-10-22(21)23-15-6-16-23/h1-3,7-8,11-14,17,22H,4-6,9-10,15-16H2/b21-17-. The molecule has 0 aromatic heterocycles. The van der Waals surface area contributed by atoms with E-state index in [1.165, 1.54) is 61.9 Å². The molecule has 1 saturated heterocycles. The summed E-state index contributed by atoms with van der Waals surface area (Å²) in [7, 11) is 0. The molecular formula is C22H25N. The number of rotatable bonds is 3. The van der Waals surface area contributed by atoms with Gasteiger partial charge in [0.1, 0.15) is 0 Å². The molecule has 1 nitrogen and oxygen atoms in total. The Morgan fingerprint density at radius 2 is 1.52 bits per heavy atom. The highest BCUT2D eigenvalue weighted by Gasteiger charge is 2.28. The summed E-state index contributed by atoms with van der Waals surface area (Å²) in [6.07, 6.45) is 9.23. The van der Waals surface area contributed by atoms with Gasteiger partial charge in [-0.05, 0) is 55.5 Å². The molecule has 1 heteroatoms. The van der Waals surface area contributed by atoms with Gasteiger partial charge in [-0.15, -0.1) is 0 Å². The molecule has 0 amide bonds. The summed E-state index contributed by atoms with van der Waals surface area (Å²) < 4.78 is 0. The van der Waals surface area contributed by atoms with E-state index in [0.717, 1.165) is 0 Å². The van der Waals surface area contributed by atoms with Crippen LogP contribution in [0.25, 0.3) is 17.2 Å². The first-order chi connectivity index (χ1) is 11.4. The van der Waals surface area contributed by atoms with Crippen LogP contribution in [0, 0.1) is 0 Å². The van der Waals surface area contributed by atoms with E-state index in [0.29, 0.717) is 6.04 Å². The van der Waals surface area contributed by atoms with Gasteiger partial charge >= 0.3 is 0 Å². The molecule has 1 heterocycles. The van der Waals surface area contributed by atoms with Gasteiger partial charge in [-0.3, -0.25) is 4.90 Å². The molecule has 2 fully saturated rings. The van der Waals surface area contributed by atoms with Crippen LogP contribution in [0.5, 0.6) is 0 Å². The fourth-order valence-electron chi connectivity index (χ4n) is 3.87. The Morgan fingerprint density at radius 1 is 0.783 bits per heavy atom. The van der Waals surface area contributed by atoms with Crippen molar-refractivity contribution >= 4 is 6.08 Å². The van der Waals surface area contributed by atoms with Crippen molar-refractivity contribution in [3.05, 3.63) is 65.7 Å². The lowest BCUT2D eigenvalue weighted by atomic mass is 9.86. The van der Waals surface area contributed by atoms with Crippen LogP contribution in [0.1, 0.15) is 37.7 Å². The first kappa shape index (κ1) is 14.7. The molecule has 23 heavy (non-hydrogen) atoms. The third-order valence-electron chi connectivity index (χ3n) is 5.32. The lowest BCUT2D eigenvalue weighted by Crippen LogP contribution is -2.46. The molecule has 2 aromatic carbocycles. The normalized spacial score (nSPS) is 23.7. The number of hydrogen-bond acceptors (Lipinski definition) is 1. The topological polar surface area (TPSA) is 3.24 Å². The zero-order valence-electron chi connectivity index (χ0n) is 13.7. The smallest absolute Gasteiger partial charge is 0.0310 e. The molecule has 4 rings (SSSR count). The predicted molar refractivity (Wildman–Crippen MR) is 98.3 cm³/mol. The van der Waals surface area contributed by atoms with Crippen molar-refractivity contribution in [3.8, 4) is 11.1 Å². The summed E-state index contributed by atoms with van der Waals surface area (Å²) >= 11 is 0. The van der Waals surface area contributed by atoms with Crippen LogP contribution >= 0.6 is 0 Å². The number of hydrogen-bond donors (Lipinski definition) is 0. The second-order valence-corrected chi connectivity index (χ2v) is 6.86. The summed E-state index contributed by atoms with van der Waals surface area (Å²) in [5.74, 6) is 0. The van der Waals surface area contributed by atoms with Crippen LogP contribution in [-0.2, 0) is 0 Å². The average Bonchev–Trinajstić information content (AvgIpc) is 2.57. The monoisotopic (exact) mass is 303 g/mol. The lowest BCUT2D eigenvalue weighted by molar-refractivity contribution is 0.121. The Labute approximate surface area is 139 Å². The molecule has 1 unspecified atom stereocenters. The maximum Gasteiger partial charge on any atom is 0.0310 e. The lowest BCUT2D eigenvalue weighted by Gasteiger charge is -2.42. The van der Waals surface area contributed by atoms with Gasteiger partial charge in [0.25, 0.3) is 0 Å². The van der Waals surface area contributed by atoms with E-state index < -0.39 is 0 Å². The molecule has 1 aliphatic heterocycles. The molecule has 0 bridgehead atoms. The van der Waals surface area contributed by atoms with E-state index in [9.17, 15) is 0 Å². The van der Waals surface area contributed by atoms with Gasteiger partial charge in [-0.25, -0.2) is 0 Å². The summed E-state index contributed by atoms with van der Waals surface area (Å²) in [6.45, 7) is 2.60. The SMILES string of the molecule is C(=C1\CCCCC1N1CCC1)/c1ccc(-c2ccccc2)cc1. The van der Waals surface area contributed by atoms with Crippen molar-refractivity contribution in [3.63, 3.8) is 0 Å². The molecule has 118 valence electrons. The molecule has 0 N–H and O–H groups in total. The van der Waals surface area contributed by atoms with Gasteiger partial charge in [0.05, 0.1) is 0 Å². The van der Waals surface area contributed by atoms with Gasteiger partial charge < -0.3 is 0 Å². The van der Waals surface area contributed by atoms with Gasteiger partial charge in [0.15, 0.2) is 0 Å². The van der Waals surface area contributed by atoms with E-state index in [1.54, 1.807) is 5.57 Å². The highest BCUT2D eigenvalue weighted by molar-refractivity contribution is 5.66. The van der Waals surface area contributed by atoms with Gasteiger partial charge in [0, 0.05) is 6.04 Å². The largest absolute Gasteiger partial charge is 0.297 e. The predicted octanol–water partition coefficient (Wildman–Crippen LogP) is 5.39. The summed E-state index contributed by atoms with van der Waals surface area (Å²) in [5.41, 5.74) is 5.61. The maximum absolute atomic E-state index is 2.67. The first-order valence-corrected chi connectivity index (χ1v) is 9.00. The molecular weight excluding hydrogens is 278 g/mol. The second-order valence-electron chi connectivity index (χ2n) is 6.86. The Hall–Kier alpha value is -1.86. The van der Waals surface area contributed by atoms with Crippen molar-refractivity contribution in [1.29, 1.82) is 0 Å². The third-order valence-corrected chi connectivity index (χ3v) is 5.32. The number of nitrogens with zero attached hydrogens (tertiary/aromatic N) is 1. The zero-order valence-corrected chi connectivity index (χ0v) is 13.7. The van der Waals surface area contributed by atoms with E-state index >= 15 is 0 Å². The Kier molecular flexibility index (Phi) is 4.30. The third kappa shape index (κ3) is 3.25. The van der Waals surface area contributed by atoms with Gasteiger partial charge in [-0.1, -0.05) is 72.7 Å². The highest BCUT2D eigenvalue weighted by atomic mass is 15.2. The fourth-order valence-corrected chi connectivity index (χ4v) is 3.87. The van der Waals surface area contributed by atoms with E-state index in [1.807, 2.05) is 0 Å². The molecule has 2 aliphatic rings. The van der Waals surface area contributed by atoms with Crippen molar-refractivity contribution in [2.45, 2.75) is 38.1 Å². The minimum absolute atomic E-state index is 0.714. The summed E-state index contributed by atoms with van der Waals surface area (Å²) in [4.78, 5) is 2.67. The molecule has 1 aliphatic carbocycles. The van der Waals surface area contributed by atoms with Crippen molar-refractivity contribution in [2.24, 2.45) is 0 Å². The zero-order chi connectivity index (χ0) is 15.5. The van der Waals surface area contributed by atoms with E-state index in [4.69, 9.17) is 0 Å². The highest BCUT2D eigenvalue weighted by Crippen LogP contribution is 2.32. The quantitative estimate of drug-likeness (QED) is 0.735. The van der Waals surface area contributed by atoms with Crippen molar-refractivity contribution < 1.29 is 0 Å². The molecule has 2 aromatic rings. The number of benzene rings is 2. The maximum atomic E-state index is 2.67. The second kappa shape index (κ2) is 6.72. The minimum Gasteiger partial charge on any atom is -0.297 e. The summed E-state index contributed by atoms with van der Waals surface area (Å²) in [6, 6.07) is 20.4. The minimum atomic E-state index is 0.714. The Balaban J connectivity index is 1.55. The van der Waals surface area contributed by atoms with Crippen molar-refractivity contribution in [1.82, 2.24) is 4.90 Å². The van der Waals surface area contributed by atoms with Crippen molar-refractivity contribution in [2.75, 3.05) is 13.1 Å². The molecule has 1 atom stereocenters. The first-order valence-electron chi connectivity index (χ1n) is 9.00. The average molecular weight is 303 g/mol.